The molecule has 0 unspecified atom stereocenters. The highest BCUT2D eigenvalue weighted by molar-refractivity contribution is 7.80. The number of quaternary nitrogens is 1. The van der Waals surface area contributed by atoms with Crippen molar-refractivity contribution >= 4 is 34.6 Å². The molecule has 1 aromatic carbocycles. The number of amides is 1. The molecule has 0 fully saturated rings. The van der Waals surface area contributed by atoms with Crippen LogP contribution in [0.2, 0.25) is 0 Å². The highest BCUT2D eigenvalue weighted by Gasteiger charge is 2.00. The lowest BCUT2D eigenvalue weighted by molar-refractivity contribution is -0.856. The SMILES string of the molecule is CC(=O)Nc1ccc(NC(=S)NCC[NH+](C)C)cc1. The summed E-state index contributed by atoms with van der Waals surface area (Å²) in [4.78, 5) is 12.3. The summed E-state index contributed by atoms with van der Waals surface area (Å²) in [6.45, 7) is 3.32. The molecule has 0 heterocycles. The number of likely N-dealkylation sites (N-methyl/N-ethyl adjacent to an activating group) is 1. The van der Waals surface area contributed by atoms with Crippen LogP contribution in [0.1, 0.15) is 6.92 Å². The predicted octanol–water partition coefficient (Wildman–Crippen LogP) is 0.0759. The Morgan fingerprint density at radius 1 is 1.16 bits per heavy atom. The van der Waals surface area contributed by atoms with Gasteiger partial charge < -0.3 is 20.9 Å². The van der Waals surface area contributed by atoms with E-state index in [0.717, 1.165) is 24.5 Å². The van der Waals surface area contributed by atoms with Crippen molar-refractivity contribution < 1.29 is 9.69 Å². The molecule has 0 aliphatic rings. The van der Waals surface area contributed by atoms with E-state index in [4.69, 9.17) is 12.2 Å². The van der Waals surface area contributed by atoms with Crippen LogP contribution in [0.15, 0.2) is 24.3 Å². The number of carbonyl (C=O) groups is 1. The molecule has 104 valence electrons. The highest BCUT2D eigenvalue weighted by atomic mass is 32.1. The van der Waals surface area contributed by atoms with Gasteiger partial charge in [0.15, 0.2) is 5.11 Å². The normalized spacial score (nSPS) is 10.1. The minimum absolute atomic E-state index is 0.0796. The second-order valence-electron chi connectivity index (χ2n) is 4.60. The van der Waals surface area contributed by atoms with Crippen molar-refractivity contribution in [2.75, 3.05) is 37.8 Å². The predicted molar refractivity (Wildman–Crippen MR) is 82.6 cm³/mol. The molecule has 1 rings (SSSR count). The third-order valence-electron chi connectivity index (χ3n) is 2.37. The van der Waals surface area contributed by atoms with Crippen LogP contribution < -0.4 is 20.9 Å². The Morgan fingerprint density at radius 3 is 2.16 bits per heavy atom. The summed E-state index contributed by atoms with van der Waals surface area (Å²) in [5.41, 5.74) is 1.66. The topological polar surface area (TPSA) is 57.6 Å². The van der Waals surface area contributed by atoms with Crippen LogP contribution in [-0.2, 0) is 4.79 Å². The lowest BCUT2D eigenvalue weighted by Crippen LogP contribution is -3.06. The molecule has 19 heavy (non-hydrogen) atoms. The highest BCUT2D eigenvalue weighted by Crippen LogP contribution is 2.13. The maximum atomic E-state index is 10.9. The quantitative estimate of drug-likeness (QED) is 0.577. The molecule has 0 saturated heterocycles. The molecular weight excluding hydrogens is 260 g/mol. The van der Waals surface area contributed by atoms with Gasteiger partial charge in [-0.2, -0.15) is 0 Å². The Labute approximate surface area is 119 Å². The van der Waals surface area contributed by atoms with Crippen LogP contribution in [0.3, 0.4) is 0 Å². The van der Waals surface area contributed by atoms with Gasteiger partial charge in [0.1, 0.15) is 0 Å². The smallest absolute Gasteiger partial charge is 0.221 e. The zero-order valence-corrected chi connectivity index (χ0v) is 12.4. The first kappa shape index (κ1) is 15.4. The van der Waals surface area contributed by atoms with Gasteiger partial charge in [-0.3, -0.25) is 4.79 Å². The van der Waals surface area contributed by atoms with E-state index < -0.39 is 0 Å². The number of anilines is 2. The van der Waals surface area contributed by atoms with E-state index >= 15 is 0 Å². The molecule has 0 atom stereocenters. The van der Waals surface area contributed by atoms with Crippen molar-refractivity contribution in [3.63, 3.8) is 0 Å². The molecule has 0 radical (unpaired) electrons. The maximum Gasteiger partial charge on any atom is 0.221 e. The summed E-state index contributed by atoms with van der Waals surface area (Å²) in [6.07, 6.45) is 0. The van der Waals surface area contributed by atoms with Crippen LogP contribution in [0, 0.1) is 0 Å². The Bertz CT molecular complexity index is 431. The number of carbonyl (C=O) groups excluding carboxylic acids is 1. The van der Waals surface area contributed by atoms with Gasteiger partial charge in [-0.15, -0.1) is 0 Å². The van der Waals surface area contributed by atoms with Crippen molar-refractivity contribution in [2.45, 2.75) is 6.92 Å². The zero-order chi connectivity index (χ0) is 14.3. The van der Waals surface area contributed by atoms with Gasteiger partial charge >= 0.3 is 0 Å². The first-order chi connectivity index (χ1) is 8.97. The molecule has 5 nitrogen and oxygen atoms in total. The second kappa shape index (κ2) is 7.70. The largest absolute Gasteiger partial charge is 0.357 e. The Hall–Kier alpha value is -1.66. The fraction of sp³-hybridized carbons (Fsp3) is 0.385. The lowest BCUT2D eigenvalue weighted by Gasteiger charge is -2.12. The molecule has 0 spiro atoms. The minimum Gasteiger partial charge on any atom is -0.357 e. The molecule has 1 amide bonds. The van der Waals surface area contributed by atoms with E-state index in [0.29, 0.717) is 5.11 Å². The number of nitrogens with one attached hydrogen (secondary N) is 4. The van der Waals surface area contributed by atoms with Gasteiger partial charge in [0.25, 0.3) is 0 Å². The number of thiocarbonyl (C=S) groups is 1. The fourth-order valence-electron chi connectivity index (χ4n) is 1.44. The number of rotatable bonds is 5. The molecular formula is C13H21N4OS+. The first-order valence-electron chi connectivity index (χ1n) is 6.19. The van der Waals surface area contributed by atoms with Crippen LogP contribution in [0.25, 0.3) is 0 Å². The van der Waals surface area contributed by atoms with Gasteiger partial charge in [0, 0.05) is 18.3 Å². The molecule has 1 aromatic rings. The Balaban J connectivity index is 2.40. The van der Waals surface area contributed by atoms with Crippen molar-refractivity contribution in [1.82, 2.24) is 5.32 Å². The standard InChI is InChI=1S/C13H20N4OS/c1-10(18)15-11-4-6-12(7-5-11)16-13(19)14-8-9-17(2)3/h4-7H,8-9H2,1-3H3,(H,15,18)(H2,14,16,19)/p+1. The number of benzene rings is 1. The molecule has 4 N–H and O–H groups in total. The van der Waals surface area contributed by atoms with E-state index in [1.807, 2.05) is 24.3 Å². The number of hydrogen-bond acceptors (Lipinski definition) is 2. The summed E-state index contributed by atoms with van der Waals surface area (Å²) in [7, 11) is 4.19. The average molecular weight is 281 g/mol. The van der Waals surface area contributed by atoms with Crippen molar-refractivity contribution in [2.24, 2.45) is 0 Å². The van der Waals surface area contributed by atoms with Crippen LogP contribution in [-0.4, -0.2) is 38.2 Å². The van der Waals surface area contributed by atoms with Crippen molar-refractivity contribution in [3.05, 3.63) is 24.3 Å². The average Bonchev–Trinajstić information content (AvgIpc) is 2.30. The molecule has 0 bridgehead atoms. The number of hydrogen-bond donors (Lipinski definition) is 4. The van der Waals surface area contributed by atoms with E-state index in [1.54, 1.807) is 0 Å². The first-order valence-corrected chi connectivity index (χ1v) is 6.59. The maximum absolute atomic E-state index is 10.9. The molecule has 0 aromatic heterocycles. The van der Waals surface area contributed by atoms with Gasteiger partial charge in [0.2, 0.25) is 5.91 Å². The molecule has 6 heteroatoms. The summed E-state index contributed by atoms with van der Waals surface area (Å²) in [5, 5.41) is 9.55. The van der Waals surface area contributed by atoms with Gasteiger partial charge in [0.05, 0.1) is 27.2 Å². The summed E-state index contributed by atoms with van der Waals surface area (Å²) >= 11 is 5.19. The Morgan fingerprint density at radius 2 is 1.68 bits per heavy atom. The van der Waals surface area contributed by atoms with Crippen LogP contribution >= 0.6 is 12.2 Å². The van der Waals surface area contributed by atoms with E-state index in [9.17, 15) is 4.79 Å². The monoisotopic (exact) mass is 281 g/mol. The van der Waals surface area contributed by atoms with Crippen LogP contribution in [0.4, 0.5) is 11.4 Å². The van der Waals surface area contributed by atoms with Gasteiger partial charge in [-0.1, -0.05) is 0 Å². The third kappa shape index (κ3) is 6.73. The molecule has 0 aliphatic carbocycles. The molecule has 0 aliphatic heterocycles. The zero-order valence-electron chi connectivity index (χ0n) is 11.5. The minimum atomic E-state index is -0.0796. The second-order valence-corrected chi connectivity index (χ2v) is 5.00. The lowest BCUT2D eigenvalue weighted by atomic mass is 10.3. The third-order valence-corrected chi connectivity index (χ3v) is 2.62. The van der Waals surface area contributed by atoms with Gasteiger partial charge in [-0.25, -0.2) is 0 Å². The van der Waals surface area contributed by atoms with E-state index in [-0.39, 0.29) is 5.91 Å². The van der Waals surface area contributed by atoms with Crippen molar-refractivity contribution in [1.29, 1.82) is 0 Å². The van der Waals surface area contributed by atoms with Gasteiger partial charge in [-0.05, 0) is 36.5 Å². The van der Waals surface area contributed by atoms with E-state index in [2.05, 4.69) is 30.0 Å². The van der Waals surface area contributed by atoms with Crippen LogP contribution in [0.5, 0.6) is 0 Å². The molecule has 0 saturated carbocycles. The summed E-state index contributed by atoms with van der Waals surface area (Å²) < 4.78 is 0. The van der Waals surface area contributed by atoms with Crippen molar-refractivity contribution in [3.8, 4) is 0 Å². The fourth-order valence-corrected chi connectivity index (χ4v) is 1.66. The Kier molecular flexibility index (Phi) is 6.24. The summed E-state index contributed by atoms with van der Waals surface area (Å²) in [6, 6.07) is 7.40. The van der Waals surface area contributed by atoms with E-state index in [1.165, 1.54) is 11.8 Å². The summed E-state index contributed by atoms with van der Waals surface area (Å²) in [5.74, 6) is -0.0796.